The topological polar surface area (TPSA) is 84.5 Å². The molecule has 0 saturated carbocycles. The number of hydrogen-bond acceptors (Lipinski definition) is 5. The third-order valence-corrected chi connectivity index (χ3v) is 3.28. The van der Waals surface area contributed by atoms with Crippen molar-refractivity contribution in [1.29, 1.82) is 0 Å². The molecule has 114 valence electrons. The zero-order chi connectivity index (χ0) is 15.5. The normalized spacial score (nSPS) is 16.1. The van der Waals surface area contributed by atoms with Crippen LogP contribution in [0.15, 0.2) is 41.5 Å². The van der Waals surface area contributed by atoms with Crippen molar-refractivity contribution in [2.75, 3.05) is 20.2 Å². The number of hydrogen-bond donors (Lipinski definition) is 1. The first-order valence-electron chi connectivity index (χ1n) is 6.82. The van der Waals surface area contributed by atoms with Gasteiger partial charge in [-0.25, -0.2) is 4.98 Å². The van der Waals surface area contributed by atoms with Crippen molar-refractivity contribution in [2.45, 2.75) is 6.10 Å². The molecule has 7 heteroatoms. The number of rotatable bonds is 3. The van der Waals surface area contributed by atoms with Gasteiger partial charge in [0.15, 0.2) is 17.6 Å². The van der Waals surface area contributed by atoms with E-state index < -0.39 is 0 Å². The van der Waals surface area contributed by atoms with E-state index in [1.165, 1.54) is 11.1 Å². The van der Waals surface area contributed by atoms with Gasteiger partial charge >= 0.3 is 0 Å². The predicted octanol–water partition coefficient (Wildman–Crippen LogP) is 0.682. The first kappa shape index (κ1) is 14.1. The molecule has 1 atom stereocenters. The third-order valence-electron chi connectivity index (χ3n) is 3.28. The first-order valence-corrected chi connectivity index (χ1v) is 6.82. The Morgan fingerprint density at radius 1 is 1.41 bits per heavy atom. The SMILES string of the molecule is CN(C[C@@H]1COc2ccccc2O1)C(=O)c1c[nH]c(=O)cn1. The molecule has 0 unspecified atom stereocenters. The largest absolute Gasteiger partial charge is 0.486 e. The van der Waals surface area contributed by atoms with Crippen LogP contribution in [0.2, 0.25) is 0 Å². The second kappa shape index (κ2) is 5.88. The molecule has 1 N–H and O–H groups in total. The second-order valence-electron chi connectivity index (χ2n) is 4.98. The molecule has 1 aliphatic rings. The molecule has 0 saturated heterocycles. The van der Waals surface area contributed by atoms with Gasteiger partial charge in [-0.3, -0.25) is 9.59 Å². The highest BCUT2D eigenvalue weighted by atomic mass is 16.6. The number of amides is 1. The number of aromatic nitrogens is 2. The quantitative estimate of drug-likeness (QED) is 0.901. The van der Waals surface area contributed by atoms with Crippen LogP contribution in [0.3, 0.4) is 0 Å². The summed E-state index contributed by atoms with van der Waals surface area (Å²) in [4.78, 5) is 30.9. The summed E-state index contributed by atoms with van der Waals surface area (Å²) in [5.74, 6) is 1.08. The Labute approximate surface area is 126 Å². The Morgan fingerprint density at radius 3 is 2.91 bits per heavy atom. The van der Waals surface area contributed by atoms with Gasteiger partial charge in [0.25, 0.3) is 11.5 Å². The summed E-state index contributed by atoms with van der Waals surface area (Å²) in [7, 11) is 1.65. The van der Waals surface area contributed by atoms with Gasteiger partial charge < -0.3 is 19.4 Å². The van der Waals surface area contributed by atoms with E-state index >= 15 is 0 Å². The van der Waals surface area contributed by atoms with Crippen LogP contribution in [0.5, 0.6) is 11.5 Å². The van der Waals surface area contributed by atoms with Gasteiger partial charge in [-0.05, 0) is 12.1 Å². The second-order valence-corrected chi connectivity index (χ2v) is 4.98. The fourth-order valence-corrected chi connectivity index (χ4v) is 2.20. The summed E-state index contributed by atoms with van der Waals surface area (Å²) >= 11 is 0. The van der Waals surface area contributed by atoms with E-state index in [1.54, 1.807) is 7.05 Å². The maximum atomic E-state index is 12.2. The molecular weight excluding hydrogens is 286 g/mol. The number of ether oxygens (including phenoxy) is 2. The molecule has 0 fully saturated rings. The highest BCUT2D eigenvalue weighted by Crippen LogP contribution is 2.30. The van der Waals surface area contributed by atoms with Crippen LogP contribution >= 0.6 is 0 Å². The lowest BCUT2D eigenvalue weighted by Gasteiger charge is -2.29. The molecule has 3 rings (SSSR count). The zero-order valence-corrected chi connectivity index (χ0v) is 12.0. The molecule has 2 aromatic rings. The molecule has 1 aliphatic heterocycles. The van der Waals surface area contributed by atoms with E-state index in [0.717, 1.165) is 6.20 Å². The lowest BCUT2D eigenvalue weighted by atomic mass is 10.2. The summed E-state index contributed by atoms with van der Waals surface area (Å²) in [5, 5.41) is 0. The molecule has 0 bridgehead atoms. The van der Waals surface area contributed by atoms with Crippen molar-refractivity contribution in [3.05, 3.63) is 52.7 Å². The van der Waals surface area contributed by atoms with Crippen LogP contribution < -0.4 is 15.0 Å². The van der Waals surface area contributed by atoms with Crippen molar-refractivity contribution >= 4 is 5.91 Å². The van der Waals surface area contributed by atoms with Gasteiger partial charge in [-0.1, -0.05) is 12.1 Å². The number of carbonyl (C=O) groups excluding carboxylic acids is 1. The first-order chi connectivity index (χ1) is 10.6. The molecule has 1 aromatic heterocycles. The van der Waals surface area contributed by atoms with Gasteiger partial charge in [-0.15, -0.1) is 0 Å². The molecule has 1 aromatic carbocycles. The van der Waals surface area contributed by atoms with Crippen molar-refractivity contribution in [2.24, 2.45) is 0 Å². The Kier molecular flexibility index (Phi) is 3.78. The third kappa shape index (κ3) is 2.93. The van der Waals surface area contributed by atoms with Crippen molar-refractivity contribution in [3.8, 4) is 11.5 Å². The van der Waals surface area contributed by atoms with Gasteiger partial charge in [0.1, 0.15) is 12.3 Å². The number of fused-ring (bicyclic) bond motifs is 1. The summed E-state index contributed by atoms with van der Waals surface area (Å²) in [6, 6.07) is 7.40. The summed E-state index contributed by atoms with van der Waals surface area (Å²) in [6.07, 6.45) is 2.12. The monoisotopic (exact) mass is 301 g/mol. The van der Waals surface area contributed by atoms with Gasteiger partial charge in [0, 0.05) is 13.2 Å². The molecule has 7 nitrogen and oxygen atoms in total. The number of benzene rings is 1. The maximum absolute atomic E-state index is 12.2. The summed E-state index contributed by atoms with van der Waals surface area (Å²) in [6.45, 7) is 0.724. The van der Waals surface area contributed by atoms with Crippen molar-refractivity contribution in [1.82, 2.24) is 14.9 Å². The average molecular weight is 301 g/mol. The van der Waals surface area contributed by atoms with Gasteiger partial charge in [0.2, 0.25) is 0 Å². The van der Waals surface area contributed by atoms with E-state index in [-0.39, 0.29) is 23.3 Å². The number of para-hydroxylation sites is 2. The van der Waals surface area contributed by atoms with Crippen LogP contribution in [0, 0.1) is 0 Å². The Balaban J connectivity index is 1.65. The fourth-order valence-electron chi connectivity index (χ4n) is 2.20. The number of nitrogens with zero attached hydrogens (tertiary/aromatic N) is 2. The minimum Gasteiger partial charge on any atom is -0.486 e. The Bertz CT molecular complexity index is 723. The number of carbonyl (C=O) groups is 1. The van der Waals surface area contributed by atoms with E-state index in [4.69, 9.17) is 9.47 Å². The van der Waals surface area contributed by atoms with Crippen LogP contribution in [-0.2, 0) is 0 Å². The fraction of sp³-hybridized carbons (Fsp3) is 0.267. The minimum absolute atomic E-state index is 0.180. The summed E-state index contributed by atoms with van der Waals surface area (Å²) in [5.41, 5.74) is -0.168. The lowest BCUT2D eigenvalue weighted by molar-refractivity contribution is 0.0517. The Morgan fingerprint density at radius 2 is 2.18 bits per heavy atom. The Hall–Kier alpha value is -2.83. The standard InChI is InChI=1S/C15H15N3O4/c1-18(15(20)11-6-17-14(19)7-16-11)8-10-9-21-12-4-2-3-5-13(12)22-10/h2-7,10H,8-9H2,1H3,(H,17,19)/t10-/m1/s1. The smallest absolute Gasteiger partial charge is 0.273 e. The van der Waals surface area contributed by atoms with Crippen LogP contribution in [0.4, 0.5) is 0 Å². The van der Waals surface area contributed by atoms with Crippen LogP contribution in [-0.4, -0.2) is 47.1 Å². The molecular formula is C15H15N3O4. The van der Waals surface area contributed by atoms with Gasteiger partial charge in [0.05, 0.1) is 12.7 Å². The molecule has 0 spiro atoms. The summed E-state index contributed by atoms with van der Waals surface area (Å²) < 4.78 is 11.4. The van der Waals surface area contributed by atoms with E-state index in [2.05, 4.69) is 9.97 Å². The molecule has 0 radical (unpaired) electrons. The highest BCUT2D eigenvalue weighted by molar-refractivity contribution is 5.91. The van der Waals surface area contributed by atoms with E-state index in [0.29, 0.717) is 24.7 Å². The predicted molar refractivity (Wildman–Crippen MR) is 78.2 cm³/mol. The number of likely N-dealkylation sites (N-methyl/N-ethyl adjacent to an activating group) is 1. The molecule has 22 heavy (non-hydrogen) atoms. The number of nitrogens with one attached hydrogen (secondary N) is 1. The average Bonchev–Trinajstić information content (AvgIpc) is 2.55. The highest BCUT2D eigenvalue weighted by Gasteiger charge is 2.24. The minimum atomic E-state index is -0.347. The van der Waals surface area contributed by atoms with Crippen LogP contribution in [0.1, 0.15) is 10.5 Å². The van der Waals surface area contributed by atoms with E-state index in [9.17, 15) is 9.59 Å². The number of H-pyrrole nitrogens is 1. The van der Waals surface area contributed by atoms with Crippen molar-refractivity contribution in [3.63, 3.8) is 0 Å². The molecule has 0 aliphatic carbocycles. The van der Waals surface area contributed by atoms with Gasteiger partial charge in [-0.2, -0.15) is 0 Å². The maximum Gasteiger partial charge on any atom is 0.273 e. The molecule has 2 heterocycles. The van der Waals surface area contributed by atoms with Crippen molar-refractivity contribution < 1.29 is 14.3 Å². The van der Waals surface area contributed by atoms with E-state index in [1.807, 2.05) is 24.3 Å². The van der Waals surface area contributed by atoms with Crippen LogP contribution in [0.25, 0.3) is 0 Å². The zero-order valence-electron chi connectivity index (χ0n) is 12.0. The molecule has 1 amide bonds. The lowest BCUT2D eigenvalue weighted by Crippen LogP contribution is -2.42. The number of aromatic amines is 1.